The minimum Gasteiger partial charge on any atom is -0.484 e. The lowest BCUT2D eigenvalue weighted by molar-refractivity contribution is -0.141. The Morgan fingerprint density at radius 1 is 0.943 bits per heavy atom. The summed E-state index contributed by atoms with van der Waals surface area (Å²) in [6, 6.07) is 5.79. The quantitative estimate of drug-likeness (QED) is 0.518. The molecule has 1 aromatic carbocycles. The third-order valence-corrected chi connectivity index (χ3v) is 6.61. The Bertz CT molecular complexity index is 1100. The van der Waals surface area contributed by atoms with Gasteiger partial charge in [-0.15, -0.1) is 0 Å². The van der Waals surface area contributed by atoms with Crippen LogP contribution in [0.1, 0.15) is 37.8 Å². The van der Waals surface area contributed by atoms with Crippen molar-refractivity contribution in [3.63, 3.8) is 0 Å². The highest BCUT2D eigenvalue weighted by Gasteiger charge is 2.55. The number of hydrogen-bond donors (Lipinski definition) is 2. The average molecular weight is 516 g/mol. The van der Waals surface area contributed by atoms with Crippen LogP contribution in [0, 0.1) is 5.82 Å². The van der Waals surface area contributed by atoms with Gasteiger partial charge in [0.25, 0.3) is 11.8 Å². The number of carbonyl (C=O) groups excluding carboxylic acids is 2. The predicted molar refractivity (Wildman–Crippen MR) is 116 cm³/mol. The van der Waals surface area contributed by atoms with E-state index in [1.807, 2.05) is 0 Å². The molecule has 0 spiro atoms. The molecule has 2 bridgehead atoms. The molecule has 2 aliphatic rings. The molecule has 2 fully saturated rings. The summed E-state index contributed by atoms with van der Waals surface area (Å²) in [5.41, 5.74) is -2.02. The van der Waals surface area contributed by atoms with Crippen molar-refractivity contribution >= 4 is 23.4 Å². The number of halogens is 5. The van der Waals surface area contributed by atoms with Gasteiger partial charge in [0.15, 0.2) is 13.2 Å². The monoisotopic (exact) mass is 515 g/mol. The number of aromatic nitrogens is 1. The van der Waals surface area contributed by atoms with Crippen molar-refractivity contribution in [1.82, 2.24) is 15.6 Å². The number of benzene rings is 1. The molecular weight excluding hydrogens is 494 g/mol. The molecule has 0 aliphatic heterocycles. The van der Waals surface area contributed by atoms with E-state index < -0.39 is 34.7 Å². The molecule has 2 aromatic rings. The zero-order chi connectivity index (χ0) is 25.3. The van der Waals surface area contributed by atoms with E-state index in [1.165, 1.54) is 12.1 Å². The van der Waals surface area contributed by atoms with E-state index in [9.17, 15) is 27.2 Å². The third-order valence-electron chi connectivity index (χ3n) is 6.31. The molecule has 2 saturated carbocycles. The molecule has 0 radical (unpaired) electrons. The van der Waals surface area contributed by atoms with Gasteiger partial charge in [0.2, 0.25) is 0 Å². The highest BCUT2D eigenvalue weighted by molar-refractivity contribution is 6.30. The SMILES string of the molecule is O=C(COc1ccc(C(F)(F)F)nc1)NC12CCC(NC(=O)COc3ccc(Cl)c(F)c3)(CC1)C2. The maximum Gasteiger partial charge on any atom is 0.433 e. The van der Waals surface area contributed by atoms with Gasteiger partial charge in [0, 0.05) is 17.1 Å². The average Bonchev–Trinajstić information content (AvgIpc) is 3.33. The van der Waals surface area contributed by atoms with Gasteiger partial charge in [-0.05, 0) is 56.4 Å². The highest BCUT2D eigenvalue weighted by atomic mass is 35.5. The second-order valence-corrected chi connectivity index (χ2v) is 9.27. The van der Waals surface area contributed by atoms with Gasteiger partial charge >= 0.3 is 6.18 Å². The van der Waals surface area contributed by atoms with Crippen LogP contribution in [0.25, 0.3) is 0 Å². The second-order valence-electron chi connectivity index (χ2n) is 8.86. The summed E-state index contributed by atoms with van der Waals surface area (Å²) in [4.78, 5) is 28.2. The van der Waals surface area contributed by atoms with Crippen LogP contribution < -0.4 is 20.1 Å². The first kappa shape index (κ1) is 25.0. The van der Waals surface area contributed by atoms with E-state index in [-0.39, 0.29) is 35.6 Å². The molecule has 4 rings (SSSR count). The van der Waals surface area contributed by atoms with E-state index in [0.717, 1.165) is 24.4 Å². The molecule has 1 heterocycles. The van der Waals surface area contributed by atoms with Crippen LogP contribution in [0.3, 0.4) is 0 Å². The van der Waals surface area contributed by atoms with Gasteiger partial charge in [0.1, 0.15) is 23.0 Å². The lowest BCUT2D eigenvalue weighted by Gasteiger charge is -2.29. The van der Waals surface area contributed by atoms with Crippen molar-refractivity contribution in [1.29, 1.82) is 0 Å². The molecule has 0 atom stereocenters. The number of ether oxygens (including phenoxy) is 2. The Labute approximate surface area is 203 Å². The topological polar surface area (TPSA) is 89.5 Å². The number of alkyl halides is 3. The van der Waals surface area contributed by atoms with Crippen LogP contribution in [0.4, 0.5) is 17.6 Å². The minimum atomic E-state index is -4.55. The van der Waals surface area contributed by atoms with E-state index in [2.05, 4.69) is 15.6 Å². The number of carbonyl (C=O) groups is 2. The number of nitrogens with zero attached hydrogens (tertiary/aromatic N) is 1. The fourth-order valence-corrected chi connectivity index (χ4v) is 4.83. The Balaban J connectivity index is 1.24. The van der Waals surface area contributed by atoms with Gasteiger partial charge in [0.05, 0.1) is 11.2 Å². The smallest absolute Gasteiger partial charge is 0.433 e. The summed E-state index contributed by atoms with van der Waals surface area (Å²) in [5.74, 6) is -1.19. The number of amides is 2. The predicted octanol–water partition coefficient (Wildman–Crippen LogP) is 4.04. The number of nitrogens with one attached hydrogen (secondary N) is 2. The summed E-state index contributed by atoms with van der Waals surface area (Å²) in [6.07, 6.45) is -0.456. The first-order valence-electron chi connectivity index (χ1n) is 10.8. The summed E-state index contributed by atoms with van der Waals surface area (Å²) < 4.78 is 61.9. The van der Waals surface area contributed by atoms with Crippen LogP contribution in [-0.2, 0) is 15.8 Å². The molecule has 0 unspecified atom stereocenters. The maximum atomic E-state index is 13.5. The molecule has 12 heteroatoms. The zero-order valence-corrected chi connectivity index (χ0v) is 19.1. The molecule has 35 heavy (non-hydrogen) atoms. The van der Waals surface area contributed by atoms with E-state index >= 15 is 0 Å². The number of rotatable bonds is 8. The summed E-state index contributed by atoms with van der Waals surface area (Å²) in [6.45, 7) is -0.670. The largest absolute Gasteiger partial charge is 0.484 e. The Hall–Kier alpha value is -3.08. The summed E-state index contributed by atoms with van der Waals surface area (Å²) in [7, 11) is 0. The molecule has 188 valence electrons. The molecule has 1 aromatic heterocycles. The van der Waals surface area contributed by atoms with E-state index in [4.69, 9.17) is 21.1 Å². The minimum absolute atomic E-state index is 0.0441. The van der Waals surface area contributed by atoms with Crippen LogP contribution in [0.5, 0.6) is 11.5 Å². The van der Waals surface area contributed by atoms with Crippen LogP contribution in [0.2, 0.25) is 5.02 Å². The first-order chi connectivity index (χ1) is 16.5. The van der Waals surface area contributed by atoms with E-state index in [0.29, 0.717) is 32.1 Å². The Morgan fingerprint density at radius 2 is 1.49 bits per heavy atom. The molecule has 2 N–H and O–H groups in total. The molecule has 0 saturated heterocycles. The summed E-state index contributed by atoms with van der Waals surface area (Å²) >= 11 is 5.63. The van der Waals surface area contributed by atoms with Crippen molar-refractivity contribution in [2.24, 2.45) is 0 Å². The molecule has 2 amide bonds. The standard InChI is InChI=1S/C23H22ClF4N3O4/c24-16-3-1-14(9-17(16)25)34-11-19(32)30-21-5-7-22(13-21,8-6-21)31-20(33)12-35-15-2-4-18(29-10-15)23(26,27)28/h1-4,9-10H,5-8,11-13H2,(H,30,32)(H,31,33). The highest BCUT2D eigenvalue weighted by Crippen LogP contribution is 2.50. The Morgan fingerprint density at radius 3 is 1.97 bits per heavy atom. The molecular formula is C23H22ClF4N3O4. The van der Waals surface area contributed by atoms with Crippen molar-refractivity contribution in [3.05, 3.63) is 53.1 Å². The van der Waals surface area contributed by atoms with Crippen molar-refractivity contribution in [2.75, 3.05) is 13.2 Å². The van der Waals surface area contributed by atoms with E-state index in [1.54, 1.807) is 0 Å². The molecule has 7 nitrogen and oxygen atoms in total. The number of hydrogen-bond acceptors (Lipinski definition) is 5. The van der Waals surface area contributed by atoms with Crippen LogP contribution >= 0.6 is 11.6 Å². The maximum absolute atomic E-state index is 13.5. The number of fused-ring (bicyclic) bond motifs is 2. The van der Waals surface area contributed by atoms with Crippen molar-refractivity contribution in [3.8, 4) is 11.5 Å². The summed E-state index contributed by atoms with van der Waals surface area (Å²) in [5, 5.41) is 5.90. The second kappa shape index (κ2) is 9.52. The third kappa shape index (κ3) is 5.95. The lowest BCUT2D eigenvalue weighted by atomic mass is 9.91. The first-order valence-corrected chi connectivity index (χ1v) is 11.2. The van der Waals surface area contributed by atoms with Gasteiger partial charge in [-0.2, -0.15) is 13.2 Å². The number of pyridine rings is 1. The molecule has 2 aliphatic carbocycles. The zero-order valence-electron chi connectivity index (χ0n) is 18.4. The fourth-order valence-electron chi connectivity index (χ4n) is 4.71. The van der Waals surface area contributed by atoms with Crippen LogP contribution in [-0.4, -0.2) is 41.1 Å². The van der Waals surface area contributed by atoms with Gasteiger partial charge < -0.3 is 20.1 Å². The fraction of sp³-hybridized carbons (Fsp3) is 0.435. The van der Waals surface area contributed by atoms with Gasteiger partial charge in [-0.25, -0.2) is 9.37 Å². The Kier molecular flexibility index (Phi) is 6.81. The normalized spacial score (nSPS) is 23.1. The van der Waals surface area contributed by atoms with Gasteiger partial charge in [-0.1, -0.05) is 11.6 Å². The lowest BCUT2D eigenvalue weighted by Crippen LogP contribution is -2.48. The van der Waals surface area contributed by atoms with Crippen molar-refractivity contribution in [2.45, 2.75) is 49.4 Å². The van der Waals surface area contributed by atoms with Gasteiger partial charge in [-0.3, -0.25) is 9.59 Å². The van der Waals surface area contributed by atoms with Crippen LogP contribution in [0.15, 0.2) is 36.5 Å². The van der Waals surface area contributed by atoms with Crippen molar-refractivity contribution < 1.29 is 36.6 Å².